The van der Waals surface area contributed by atoms with Crippen molar-refractivity contribution >= 4 is 11.9 Å². The number of amides is 1. The van der Waals surface area contributed by atoms with Gasteiger partial charge in [0.2, 0.25) is 5.91 Å². The molecule has 7 nitrogen and oxygen atoms in total. The monoisotopic (exact) mass is 479 g/mol. The van der Waals surface area contributed by atoms with Crippen molar-refractivity contribution in [1.82, 2.24) is 5.32 Å². The highest BCUT2D eigenvalue weighted by Crippen LogP contribution is 2.68. The molecule has 0 aromatic heterocycles. The van der Waals surface area contributed by atoms with Gasteiger partial charge < -0.3 is 25.7 Å². The Morgan fingerprint density at radius 2 is 1.56 bits per heavy atom. The topological polar surface area (TPSA) is 127 Å². The average Bonchev–Trinajstić information content (AvgIpc) is 3.13. The first-order chi connectivity index (χ1) is 15.9. The third-order valence-electron chi connectivity index (χ3n) is 11.1. The Labute approximate surface area is 203 Å². The van der Waals surface area contributed by atoms with Crippen LogP contribution < -0.4 is 5.32 Å². The van der Waals surface area contributed by atoms with Crippen LogP contribution in [-0.4, -0.2) is 56.7 Å². The number of carbonyl (C=O) groups is 2. The van der Waals surface area contributed by atoms with E-state index in [1.165, 1.54) is 6.92 Å². The van der Waals surface area contributed by atoms with Crippen LogP contribution in [0, 0.1) is 46.3 Å². The van der Waals surface area contributed by atoms with E-state index in [-0.39, 0.29) is 34.7 Å². The van der Waals surface area contributed by atoms with E-state index in [1.807, 2.05) is 0 Å². The number of carbonyl (C=O) groups excluding carboxylic acids is 1. The molecule has 0 aliphatic heterocycles. The number of nitrogens with one attached hydrogen (secondary N) is 1. The summed E-state index contributed by atoms with van der Waals surface area (Å²) >= 11 is 0. The second kappa shape index (κ2) is 9.36. The third-order valence-corrected chi connectivity index (χ3v) is 11.1. The van der Waals surface area contributed by atoms with E-state index in [0.29, 0.717) is 36.5 Å². The van der Waals surface area contributed by atoms with Crippen molar-refractivity contribution in [3.63, 3.8) is 0 Å². The maximum atomic E-state index is 12.2. The number of hydrogen-bond acceptors (Lipinski definition) is 5. The molecule has 5 N–H and O–H groups in total. The smallest absolute Gasteiger partial charge is 0.325 e. The van der Waals surface area contributed by atoms with Crippen LogP contribution in [0.2, 0.25) is 0 Å². The molecule has 0 aromatic rings. The van der Waals surface area contributed by atoms with E-state index >= 15 is 0 Å². The minimum atomic E-state index is -1.03. The average molecular weight is 480 g/mol. The molecule has 0 aromatic carbocycles. The summed E-state index contributed by atoms with van der Waals surface area (Å²) in [6.45, 7) is 8.36. The number of aliphatic carboxylic acids is 1. The van der Waals surface area contributed by atoms with Crippen LogP contribution in [0.25, 0.3) is 0 Å². The van der Waals surface area contributed by atoms with E-state index in [0.717, 1.165) is 44.9 Å². The van der Waals surface area contributed by atoms with Crippen molar-refractivity contribution in [2.75, 3.05) is 0 Å². The molecule has 4 aliphatic rings. The maximum absolute atomic E-state index is 12.2. The predicted octanol–water partition coefficient (Wildman–Crippen LogP) is 2.95. The Kier molecular flexibility index (Phi) is 7.13. The van der Waals surface area contributed by atoms with Gasteiger partial charge >= 0.3 is 5.97 Å². The molecule has 194 valence electrons. The van der Waals surface area contributed by atoms with E-state index in [2.05, 4.69) is 26.1 Å². The van der Waals surface area contributed by atoms with Crippen molar-refractivity contribution < 1.29 is 30.0 Å². The lowest BCUT2D eigenvalue weighted by atomic mass is 9.43. The van der Waals surface area contributed by atoms with Crippen LogP contribution in [0.1, 0.15) is 85.5 Å². The van der Waals surface area contributed by atoms with E-state index in [4.69, 9.17) is 5.11 Å². The van der Waals surface area contributed by atoms with Crippen LogP contribution in [0.15, 0.2) is 0 Å². The number of carboxylic acids is 1. The molecule has 5 unspecified atom stereocenters. The van der Waals surface area contributed by atoms with Gasteiger partial charge in [-0.3, -0.25) is 9.59 Å². The summed E-state index contributed by atoms with van der Waals surface area (Å²) in [5.41, 5.74) is 0.0377. The molecule has 4 rings (SSSR count). The molecule has 0 spiro atoms. The van der Waals surface area contributed by atoms with Gasteiger partial charge in [-0.05, 0) is 105 Å². The second-order valence-electron chi connectivity index (χ2n) is 12.7. The van der Waals surface area contributed by atoms with Crippen molar-refractivity contribution in [3.8, 4) is 0 Å². The summed E-state index contributed by atoms with van der Waals surface area (Å²) in [6.07, 6.45) is 5.69. The summed E-state index contributed by atoms with van der Waals surface area (Å²) < 4.78 is 0. The molecular formula is C27H45NO6. The second-order valence-corrected chi connectivity index (χ2v) is 12.7. The lowest BCUT2D eigenvalue weighted by molar-refractivity contribution is -0.223. The quantitative estimate of drug-likeness (QED) is 0.399. The normalized spacial score (nSPS) is 47.6. The Hall–Kier alpha value is -1.18. The molecule has 0 saturated heterocycles. The van der Waals surface area contributed by atoms with Gasteiger partial charge in [0.1, 0.15) is 6.04 Å². The Bertz CT molecular complexity index is 789. The van der Waals surface area contributed by atoms with Gasteiger partial charge in [0.15, 0.2) is 0 Å². The van der Waals surface area contributed by atoms with Crippen LogP contribution >= 0.6 is 0 Å². The van der Waals surface area contributed by atoms with E-state index in [1.54, 1.807) is 0 Å². The first-order valence-electron chi connectivity index (χ1n) is 13.5. The lowest BCUT2D eigenvalue weighted by Crippen LogP contribution is -2.64. The summed E-state index contributed by atoms with van der Waals surface area (Å²) in [7, 11) is 0. The van der Waals surface area contributed by atoms with Crippen molar-refractivity contribution in [1.29, 1.82) is 0 Å². The Balaban J connectivity index is 1.46. The predicted molar refractivity (Wildman–Crippen MR) is 128 cm³/mol. The summed E-state index contributed by atoms with van der Waals surface area (Å²) in [6, 6.07) is -0.878. The minimum absolute atomic E-state index is 0.0352. The highest BCUT2D eigenvalue weighted by atomic mass is 16.4. The standard InChI is InChI=1S/C27H45NO6/c1-14(5-8-21(30)28-15(2)25(33)34)17-6-7-18-22-19(10-12-26(17,18)3)27(4)11-9-16(29)13-20(27)23(31)24(22)32/h14-20,22-24,29,31-32H,5-13H2,1-4H3,(H,28,30)(H,33,34)/t14-,15-,16-,17-,18?,19?,20?,22?,23-,24?,26-,27-/m1/s1. The van der Waals surface area contributed by atoms with Crippen molar-refractivity contribution in [3.05, 3.63) is 0 Å². The van der Waals surface area contributed by atoms with Gasteiger partial charge in [0.25, 0.3) is 0 Å². The number of carboxylic acid groups (broad SMARTS) is 1. The van der Waals surface area contributed by atoms with E-state index in [9.17, 15) is 24.9 Å². The van der Waals surface area contributed by atoms with Gasteiger partial charge in [-0.1, -0.05) is 20.8 Å². The van der Waals surface area contributed by atoms with Gasteiger partial charge in [0, 0.05) is 6.42 Å². The zero-order chi connectivity index (χ0) is 25.0. The molecule has 7 heteroatoms. The highest BCUT2D eigenvalue weighted by molar-refractivity contribution is 5.83. The molecule has 0 radical (unpaired) electrons. The summed E-state index contributed by atoms with van der Waals surface area (Å²) in [5.74, 6) is 0.312. The minimum Gasteiger partial charge on any atom is -0.480 e. The van der Waals surface area contributed by atoms with Crippen molar-refractivity contribution in [2.24, 2.45) is 46.3 Å². The molecule has 4 aliphatic carbocycles. The Morgan fingerprint density at radius 1 is 0.912 bits per heavy atom. The number of rotatable bonds is 6. The summed E-state index contributed by atoms with van der Waals surface area (Å²) in [5, 5.41) is 44.4. The number of aliphatic hydroxyl groups is 3. The number of aliphatic hydroxyl groups excluding tert-OH is 3. The first-order valence-corrected chi connectivity index (χ1v) is 13.5. The molecule has 0 bridgehead atoms. The molecule has 1 amide bonds. The zero-order valence-electron chi connectivity index (χ0n) is 21.2. The highest BCUT2D eigenvalue weighted by Gasteiger charge is 2.65. The number of fused-ring (bicyclic) bond motifs is 5. The third kappa shape index (κ3) is 4.20. The maximum Gasteiger partial charge on any atom is 0.325 e. The fourth-order valence-electron chi connectivity index (χ4n) is 9.15. The largest absolute Gasteiger partial charge is 0.480 e. The lowest BCUT2D eigenvalue weighted by Gasteiger charge is -2.63. The van der Waals surface area contributed by atoms with Gasteiger partial charge in [-0.25, -0.2) is 0 Å². The SMILES string of the molecule is C[C@H](CCC(=O)N[C@H](C)C(=O)O)[C@H]1CCC2C3C(O)[C@H](O)C4C[C@H](O)CC[C@]4(C)C3CC[C@@]21C. The molecule has 0 heterocycles. The molecule has 12 atom stereocenters. The zero-order valence-corrected chi connectivity index (χ0v) is 21.2. The first kappa shape index (κ1) is 25.9. The van der Waals surface area contributed by atoms with Crippen molar-refractivity contribution in [2.45, 2.75) is 110 Å². The molecule has 4 saturated carbocycles. The number of hydrogen-bond donors (Lipinski definition) is 5. The van der Waals surface area contributed by atoms with E-state index < -0.39 is 24.2 Å². The van der Waals surface area contributed by atoms with Crippen LogP contribution in [0.4, 0.5) is 0 Å². The van der Waals surface area contributed by atoms with Gasteiger partial charge in [0.05, 0.1) is 18.3 Å². The Morgan fingerprint density at radius 3 is 2.24 bits per heavy atom. The van der Waals surface area contributed by atoms with Gasteiger partial charge in [-0.2, -0.15) is 0 Å². The summed E-state index contributed by atoms with van der Waals surface area (Å²) in [4.78, 5) is 23.3. The fraction of sp³-hybridized carbons (Fsp3) is 0.926. The molecule has 34 heavy (non-hydrogen) atoms. The van der Waals surface area contributed by atoms with Crippen LogP contribution in [0.3, 0.4) is 0 Å². The molecule has 4 fully saturated rings. The van der Waals surface area contributed by atoms with Gasteiger partial charge in [-0.15, -0.1) is 0 Å². The fourth-order valence-corrected chi connectivity index (χ4v) is 9.15. The van der Waals surface area contributed by atoms with Crippen LogP contribution in [-0.2, 0) is 9.59 Å². The molecular weight excluding hydrogens is 434 g/mol. The van der Waals surface area contributed by atoms with Crippen LogP contribution in [0.5, 0.6) is 0 Å².